The lowest BCUT2D eigenvalue weighted by Gasteiger charge is -2.12. The zero-order chi connectivity index (χ0) is 13.1. The second-order valence-corrected chi connectivity index (χ2v) is 3.97. The highest BCUT2D eigenvalue weighted by molar-refractivity contribution is 5.97. The summed E-state index contributed by atoms with van der Waals surface area (Å²) < 4.78 is 5.31. The summed E-state index contributed by atoms with van der Waals surface area (Å²) in [6, 6.07) is 3.64. The predicted molar refractivity (Wildman–Crippen MR) is 61.6 cm³/mol. The van der Waals surface area contributed by atoms with E-state index < -0.39 is 24.5 Å². The van der Waals surface area contributed by atoms with Gasteiger partial charge in [0, 0.05) is 12.0 Å². The van der Waals surface area contributed by atoms with Gasteiger partial charge in [0.25, 0.3) is 5.91 Å². The highest BCUT2D eigenvalue weighted by Gasteiger charge is 2.21. The monoisotopic (exact) mass is 251 g/mol. The Labute approximate surface area is 103 Å². The van der Waals surface area contributed by atoms with E-state index in [0.717, 1.165) is 17.7 Å². The van der Waals surface area contributed by atoms with Gasteiger partial charge in [-0.15, -0.1) is 0 Å². The molecule has 0 saturated carbocycles. The Morgan fingerprint density at radius 3 is 2.89 bits per heavy atom. The van der Waals surface area contributed by atoms with E-state index in [1.807, 2.05) is 0 Å². The molecule has 1 aliphatic heterocycles. The number of carbonyl (C=O) groups excluding carboxylic acids is 1. The van der Waals surface area contributed by atoms with Crippen LogP contribution in [0.3, 0.4) is 0 Å². The second-order valence-electron chi connectivity index (χ2n) is 3.97. The van der Waals surface area contributed by atoms with Gasteiger partial charge >= 0.3 is 5.97 Å². The fraction of sp³-hybridized carbons (Fsp3) is 0.333. The summed E-state index contributed by atoms with van der Waals surface area (Å²) in [4.78, 5) is 22.5. The van der Waals surface area contributed by atoms with E-state index in [2.05, 4.69) is 5.32 Å². The molecule has 1 aliphatic rings. The lowest BCUT2D eigenvalue weighted by Crippen LogP contribution is -2.43. The van der Waals surface area contributed by atoms with Crippen molar-refractivity contribution in [3.63, 3.8) is 0 Å². The van der Waals surface area contributed by atoms with Gasteiger partial charge in [0.1, 0.15) is 5.75 Å². The Kier molecular flexibility index (Phi) is 3.47. The highest BCUT2D eigenvalue weighted by atomic mass is 16.5. The highest BCUT2D eigenvalue weighted by Crippen LogP contribution is 2.25. The first-order valence-electron chi connectivity index (χ1n) is 5.52. The van der Waals surface area contributed by atoms with Crippen LogP contribution >= 0.6 is 0 Å². The third kappa shape index (κ3) is 2.43. The average molecular weight is 251 g/mol. The summed E-state index contributed by atoms with van der Waals surface area (Å²) in [5.74, 6) is -1.04. The van der Waals surface area contributed by atoms with E-state index in [1.54, 1.807) is 18.2 Å². The number of fused-ring (bicyclic) bond motifs is 1. The van der Waals surface area contributed by atoms with Gasteiger partial charge in [0.2, 0.25) is 0 Å². The fourth-order valence-corrected chi connectivity index (χ4v) is 1.75. The van der Waals surface area contributed by atoms with Gasteiger partial charge in [-0.2, -0.15) is 0 Å². The molecule has 18 heavy (non-hydrogen) atoms. The van der Waals surface area contributed by atoms with Crippen LogP contribution < -0.4 is 10.1 Å². The van der Waals surface area contributed by atoms with Crippen LogP contribution in [0.15, 0.2) is 18.2 Å². The maximum atomic E-state index is 11.8. The number of aliphatic hydroxyl groups is 1. The summed E-state index contributed by atoms with van der Waals surface area (Å²) in [5.41, 5.74) is 1.29. The van der Waals surface area contributed by atoms with Crippen molar-refractivity contribution in [1.82, 2.24) is 5.32 Å². The van der Waals surface area contributed by atoms with Crippen molar-refractivity contribution in [2.24, 2.45) is 0 Å². The van der Waals surface area contributed by atoms with Crippen LogP contribution in [0.25, 0.3) is 0 Å². The number of ether oxygens (including phenoxy) is 1. The SMILES string of the molecule is O=C(N[C@H](CO)C(=O)O)c1ccc2c(c1)CCO2. The largest absolute Gasteiger partial charge is 0.493 e. The van der Waals surface area contributed by atoms with Crippen molar-refractivity contribution in [2.75, 3.05) is 13.2 Å². The van der Waals surface area contributed by atoms with E-state index >= 15 is 0 Å². The first-order valence-corrected chi connectivity index (χ1v) is 5.52. The van der Waals surface area contributed by atoms with Crippen LogP contribution in [-0.2, 0) is 11.2 Å². The number of benzene rings is 1. The lowest BCUT2D eigenvalue weighted by atomic mass is 10.1. The minimum atomic E-state index is -1.29. The fourth-order valence-electron chi connectivity index (χ4n) is 1.75. The maximum absolute atomic E-state index is 11.8. The van der Waals surface area contributed by atoms with Crippen molar-refractivity contribution in [1.29, 1.82) is 0 Å². The van der Waals surface area contributed by atoms with Gasteiger partial charge in [-0.05, 0) is 23.8 Å². The zero-order valence-electron chi connectivity index (χ0n) is 9.55. The smallest absolute Gasteiger partial charge is 0.328 e. The van der Waals surface area contributed by atoms with Crippen LogP contribution in [0.2, 0.25) is 0 Å². The molecule has 0 fully saturated rings. The molecule has 1 amide bonds. The molecule has 2 rings (SSSR count). The number of aliphatic hydroxyl groups excluding tert-OH is 1. The number of carboxylic acid groups (broad SMARTS) is 1. The van der Waals surface area contributed by atoms with Crippen LogP contribution in [0.5, 0.6) is 5.75 Å². The summed E-state index contributed by atoms with van der Waals surface area (Å²) in [5, 5.41) is 19.8. The molecule has 0 spiro atoms. The van der Waals surface area contributed by atoms with Gasteiger partial charge in [0.15, 0.2) is 6.04 Å². The normalized spacial score (nSPS) is 14.5. The molecule has 0 radical (unpaired) electrons. The van der Waals surface area contributed by atoms with Crippen LogP contribution in [0, 0.1) is 0 Å². The molecule has 1 atom stereocenters. The number of carboxylic acids is 1. The number of amides is 1. The number of hydrogen-bond donors (Lipinski definition) is 3. The van der Waals surface area contributed by atoms with Crippen LogP contribution in [0.1, 0.15) is 15.9 Å². The Morgan fingerprint density at radius 1 is 1.44 bits per heavy atom. The summed E-state index contributed by atoms with van der Waals surface area (Å²) in [7, 11) is 0. The molecule has 1 heterocycles. The van der Waals surface area contributed by atoms with Crippen LogP contribution in [0.4, 0.5) is 0 Å². The van der Waals surface area contributed by atoms with Gasteiger partial charge < -0.3 is 20.3 Å². The third-order valence-electron chi connectivity index (χ3n) is 2.74. The molecule has 1 aromatic carbocycles. The number of nitrogens with one attached hydrogen (secondary N) is 1. The van der Waals surface area contributed by atoms with Gasteiger partial charge in [-0.3, -0.25) is 4.79 Å². The molecule has 0 saturated heterocycles. The lowest BCUT2D eigenvalue weighted by molar-refractivity contribution is -0.140. The van der Waals surface area contributed by atoms with Crippen molar-refractivity contribution < 1.29 is 24.5 Å². The molecule has 6 nitrogen and oxygen atoms in total. The molecule has 0 aromatic heterocycles. The minimum absolute atomic E-state index is 0.360. The number of aliphatic carboxylic acids is 1. The van der Waals surface area contributed by atoms with Gasteiger partial charge in [-0.1, -0.05) is 0 Å². The Balaban J connectivity index is 2.12. The second kappa shape index (κ2) is 5.05. The summed E-state index contributed by atoms with van der Waals surface area (Å²) in [6.45, 7) is -0.0517. The third-order valence-corrected chi connectivity index (χ3v) is 2.74. The Morgan fingerprint density at radius 2 is 2.22 bits per heavy atom. The van der Waals surface area contributed by atoms with E-state index in [0.29, 0.717) is 12.2 Å². The minimum Gasteiger partial charge on any atom is -0.493 e. The quantitative estimate of drug-likeness (QED) is 0.688. The zero-order valence-corrected chi connectivity index (χ0v) is 9.55. The standard InChI is InChI=1S/C12H13NO5/c14-6-9(12(16)17)13-11(15)8-1-2-10-7(5-8)3-4-18-10/h1-2,5,9,14H,3-4,6H2,(H,13,15)(H,16,17)/t9-/m1/s1. The molecule has 1 aromatic rings. The molecule has 0 bridgehead atoms. The van der Waals surface area contributed by atoms with E-state index in [-0.39, 0.29) is 0 Å². The molecule has 96 valence electrons. The number of hydrogen-bond acceptors (Lipinski definition) is 4. The first-order chi connectivity index (χ1) is 8.61. The average Bonchev–Trinajstić information content (AvgIpc) is 2.82. The maximum Gasteiger partial charge on any atom is 0.328 e. The molecule has 6 heteroatoms. The molecular weight excluding hydrogens is 238 g/mol. The molecular formula is C12H13NO5. The van der Waals surface area contributed by atoms with Gasteiger partial charge in [-0.25, -0.2) is 4.79 Å². The van der Waals surface area contributed by atoms with Crippen molar-refractivity contribution >= 4 is 11.9 Å². The van der Waals surface area contributed by atoms with Crippen molar-refractivity contribution in [3.8, 4) is 5.75 Å². The van der Waals surface area contributed by atoms with Gasteiger partial charge in [0.05, 0.1) is 13.2 Å². The molecule has 0 aliphatic carbocycles. The predicted octanol–water partition coefficient (Wildman–Crippen LogP) is -0.203. The Hall–Kier alpha value is -2.08. The van der Waals surface area contributed by atoms with Crippen LogP contribution in [-0.4, -0.2) is 41.3 Å². The molecule has 3 N–H and O–H groups in total. The summed E-state index contributed by atoms with van der Waals surface area (Å²) in [6.07, 6.45) is 0.735. The Bertz CT molecular complexity index is 485. The summed E-state index contributed by atoms with van der Waals surface area (Å²) >= 11 is 0. The van der Waals surface area contributed by atoms with E-state index in [4.69, 9.17) is 14.9 Å². The number of rotatable bonds is 4. The van der Waals surface area contributed by atoms with E-state index in [1.165, 1.54) is 0 Å². The topological polar surface area (TPSA) is 95.9 Å². The number of carbonyl (C=O) groups is 2. The van der Waals surface area contributed by atoms with Crippen molar-refractivity contribution in [2.45, 2.75) is 12.5 Å². The van der Waals surface area contributed by atoms with Crippen molar-refractivity contribution in [3.05, 3.63) is 29.3 Å². The van der Waals surface area contributed by atoms with E-state index in [9.17, 15) is 9.59 Å². The first kappa shape index (κ1) is 12.4. The molecule has 0 unspecified atom stereocenters.